The van der Waals surface area contributed by atoms with Crippen molar-refractivity contribution in [2.24, 2.45) is 0 Å². The normalized spacial score (nSPS) is 10.3. The van der Waals surface area contributed by atoms with Gasteiger partial charge in [0.05, 0.1) is 31.1 Å². The minimum atomic E-state index is -0.362. The van der Waals surface area contributed by atoms with Gasteiger partial charge in [-0.3, -0.25) is 4.68 Å². The maximum absolute atomic E-state index is 11.4. The molecule has 0 atom stereocenters. The average Bonchev–Trinajstić information content (AvgIpc) is 2.90. The van der Waals surface area contributed by atoms with E-state index in [9.17, 15) is 4.79 Å². The number of esters is 1. The molecule has 0 saturated heterocycles. The van der Waals surface area contributed by atoms with E-state index in [1.807, 2.05) is 0 Å². The second-order valence-corrected chi connectivity index (χ2v) is 3.18. The van der Waals surface area contributed by atoms with E-state index in [1.54, 1.807) is 24.0 Å². The smallest absolute Gasteiger partial charge is 0.341 e. The van der Waals surface area contributed by atoms with Crippen molar-refractivity contribution in [1.82, 2.24) is 14.9 Å². The lowest BCUT2D eigenvalue weighted by molar-refractivity contribution is 0.0526. The fourth-order valence-corrected chi connectivity index (χ4v) is 1.26. The molecule has 16 heavy (non-hydrogen) atoms. The van der Waals surface area contributed by atoms with Crippen LogP contribution in [0.15, 0.2) is 29.4 Å². The van der Waals surface area contributed by atoms with Gasteiger partial charge >= 0.3 is 5.97 Å². The Morgan fingerprint density at radius 2 is 2.44 bits per heavy atom. The van der Waals surface area contributed by atoms with Gasteiger partial charge in [-0.25, -0.2) is 4.79 Å². The van der Waals surface area contributed by atoms with Crippen LogP contribution in [0.3, 0.4) is 0 Å². The van der Waals surface area contributed by atoms with Crippen molar-refractivity contribution in [2.45, 2.75) is 13.5 Å². The van der Waals surface area contributed by atoms with E-state index in [4.69, 9.17) is 9.26 Å². The number of hydrogen-bond donors (Lipinski definition) is 0. The minimum Gasteiger partial charge on any atom is -0.462 e. The molecule has 2 heterocycles. The highest BCUT2D eigenvalue weighted by Crippen LogP contribution is 2.04. The Morgan fingerprint density at radius 1 is 1.56 bits per heavy atom. The zero-order chi connectivity index (χ0) is 11.4. The number of aromatic nitrogens is 3. The van der Waals surface area contributed by atoms with Gasteiger partial charge in [0.15, 0.2) is 0 Å². The van der Waals surface area contributed by atoms with Crippen molar-refractivity contribution >= 4 is 5.97 Å². The fraction of sp³-hybridized carbons (Fsp3) is 0.300. The molecule has 0 aliphatic rings. The molecule has 0 spiro atoms. The van der Waals surface area contributed by atoms with Crippen LogP contribution in [-0.2, 0) is 11.3 Å². The number of carbonyl (C=O) groups is 1. The average molecular weight is 221 g/mol. The second-order valence-electron chi connectivity index (χ2n) is 3.18. The van der Waals surface area contributed by atoms with Crippen LogP contribution in [0, 0.1) is 0 Å². The van der Waals surface area contributed by atoms with E-state index >= 15 is 0 Å². The van der Waals surface area contributed by atoms with Gasteiger partial charge < -0.3 is 9.26 Å². The highest BCUT2D eigenvalue weighted by Gasteiger charge is 2.09. The summed E-state index contributed by atoms with van der Waals surface area (Å²) in [5.74, 6) is -0.362. The zero-order valence-electron chi connectivity index (χ0n) is 8.79. The van der Waals surface area contributed by atoms with Crippen molar-refractivity contribution in [3.8, 4) is 0 Å². The van der Waals surface area contributed by atoms with E-state index in [-0.39, 0.29) is 5.97 Å². The molecule has 0 radical (unpaired) electrons. The third-order valence-electron chi connectivity index (χ3n) is 1.97. The molecule has 0 aromatic carbocycles. The quantitative estimate of drug-likeness (QED) is 0.723. The topological polar surface area (TPSA) is 70.2 Å². The van der Waals surface area contributed by atoms with Crippen LogP contribution in [0.4, 0.5) is 0 Å². The molecule has 0 bridgehead atoms. The van der Waals surface area contributed by atoms with Crippen LogP contribution in [0.1, 0.15) is 22.8 Å². The molecule has 0 N–H and O–H groups in total. The van der Waals surface area contributed by atoms with Crippen molar-refractivity contribution < 1.29 is 14.1 Å². The molecule has 0 aliphatic heterocycles. The molecule has 0 aliphatic carbocycles. The Kier molecular flexibility index (Phi) is 3.00. The Balaban J connectivity index is 2.05. The maximum atomic E-state index is 11.4. The van der Waals surface area contributed by atoms with Gasteiger partial charge in [0, 0.05) is 11.8 Å². The number of ether oxygens (including phenoxy) is 1. The Labute approximate surface area is 91.8 Å². The summed E-state index contributed by atoms with van der Waals surface area (Å²) in [6.07, 6.45) is 6.24. The highest BCUT2D eigenvalue weighted by molar-refractivity contribution is 5.88. The highest BCUT2D eigenvalue weighted by atomic mass is 16.5. The Hall–Kier alpha value is -2.11. The second kappa shape index (κ2) is 4.61. The van der Waals surface area contributed by atoms with Crippen molar-refractivity contribution in [1.29, 1.82) is 0 Å². The number of nitrogens with zero attached hydrogens (tertiary/aromatic N) is 3. The predicted molar refractivity (Wildman–Crippen MR) is 53.8 cm³/mol. The first kappa shape index (κ1) is 10.4. The summed E-state index contributed by atoms with van der Waals surface area (Å²) < 4.78 is 11.2. The molecule has 0 fully saturated rings. The van der Waals surface area contributed by atoms with Crippen molar-refractivity contribution in [2.75, 3.05) is 6.61 Å². The molecule has 2 rings (SSSR count). The van der Waals surface area contributed by atoms with Crippen LogP contribution < -0.4 is 0 Å². The molecule has 84 valence electrons. The molecular formula is C10H11N3O3. The molecule has 6 heteroatoms. The van der Waals surface area contributed by atoms with E-state index in [2.05, 4.69) is 10.3 Å². The summed E-state index contributed by atoms with van der Waals surface area (Å²) in [5.41, 5.74) is 1.33. The van der Waals surface area contributed by atoms with Crippen LogP contribution in [0.25, 0.3) is 0 Å². The molecule has 6 nitrogen and oxygen atoms in total. The zero-order valence-corrected chi connectivity index (χ0v) is 8.79. The molecule has 2 aromatic heterocycles. The summed E-state index contributed by atoms with van der Waals surface area (Å²) in [7, 11) is 0. The standard InChI is InChI=1S/C10H11N3O3/c1-2-15-10(14)9-4-11-13(6-9)5-8-3-12-16-7-8/h3-4,6-7H,2,5H2,1H3. The Morgan fingerprint density at radius 3 is 3.12 bits per heavy atom. The van der Waals surface area contributed by atoms with E-state index < -0.39 is 0 Å². The van der Waals surface area contributed by atoms with Crippen LogP contribution in [-0.4, -0.2) is 27.5 Å². The lowest BCUT2D eigenvalue weighted by atomic mass is 10.3. The predicted octanol–water partition coefficient (Wildman–Crippen LogP) is 1.10. The summed E-state index contributed by atoms with van der Waals surface area (Å²) in [6.45, 7) is 2.64. The van der Waals surface area contributed by atoms with Crippen molar-refractivity contribution in [3.05, 3.63) is 36.0 Å². The number of rotatable bonds is 4. The van der Waals surface area contributed by atoms with Gasteiger partial charge in [-0.1, -0.05) is 5.16 Å². The first-order chi connectivity index (χ1) is 7.79. The van der Waals surface area contributed by atoms with Gasteiger partial charge in [0.2, 0.25) is 0 Å². The summed E-state index contributed by atoms with van der Waals surface area (Å²) in [6, 6.07) is 0. The molecular weight excluding hydrogens is 210 g/mol. The van der Waals surface area contributed by atoms with Crippen LogP contribution in [0.5, 0.6) is 0 Å². The first-order valence-corrected chi connectivity index (χ1v) is 4.87. The molecule has 0 amide bonds. The Bertz CT molecular complexity index is 461. The number of carbonyl (C=O) groups excluding carboxylic acids is 1. The first-order valence-electron chi connectivity index (χ1n) is 4.87. The molecule has 0 saturated carbocycles. The fourth-order valence-electron chi connectivity index (χ4n) is 1.26. The minimum absolute atomic E-state index is 0.357. The van der Waals surface area contributed by atoms with Gasteiger partial charge in [-0.2, -0.15) is 5.10 Å². The number of hydrogen-bond acceptors (Lipinski definition) is 5. The van der Waals surface area contributed by atoms with E-state index in [0.717, 1.165) is 5.56 Å². The summed E-state index contributed by atoms with van der Waals surface area (Å²) in [5, 5.41) is 7.62. The van der Waals surface area contributed by atoms with Gasteiger partial charge in [0.1, 0.15) is 6.26 Å². The molecule has 2 aromatic rings. The van der Waals surface area contributed by atoms with Gasteiger partial charge in [0.25, 0.3) is 0 Å². The molecule has 0 unspecified atom stereocenters. The summed E-state index contributed by atoms with van der Waals surface area (Å²) in [4.78, 5) is 11.4. The van der Waals surface area contributed by atoms with Crippen molar-refractivity contribution in [3.63, 3.8) is 0 Å². The maximum Gasteiger partial charge on any atom is 0.341 e. The SMILES string of the molecule is CCOC(=O)c1cnn(Cc2cnoc2)c1. The van der Waals surface area contributed by atoms with Gasteiger partial charge in [-0.15, -0.1) is 0 Å². The largest absolute Gasteiger partial charge is 0.462 e. The van der Waals surface area contributed by atoms with Crippen LogP contribution in [0.2, 0.25) is 0 Å². The monoisotopic (exact) mass is 221 g/mol. The third kappa shape index (κ3) is 2.28. The van der Waals surface area contributed by atoms with E-state index in [1.165, 1.54) is 12.5 Å². The van der Waals surface area contributed by atoms with E-state index in [0.29, 0.717) is 18.7 Å². The summed E-state index contributed by atoms with van der Waals surface area (Å²) >= 11 is 0. The third-order valence-corrected chi connectivity index (χ3v) is 1.97. The lowest BCUT2D eigenvalue weighted by Gasteiger charge is -1.97. The van der Waals surface area contributed by atoms with Gasteiger partial charge in [-0.05, 0) is 6.92 Å². The van der Waals surface area contributed by atoms with Crippen LogP contribution >= 0.6 is 0 Å². The lowest BCUT2D eigenvalue weighted by Crippen LogP contribution is -2.03.